The Hall–Kier alpha value is -1.48. The van der Waals surface area contributed by atoms with Crippen molar-refractivity contribution in [2.75, 3.05) is 0 Å². The van der Waals surface area contributed by atoms with Gasteiger partial charge in [-0.3, -0.25) is 0 Å². The molecule has 106 valence electrons. The molecule has 0 unspecified atom stereocenters. The molecule has 0 saturated heterocycles. The van der Waals surface area contributed by atoms with Crippen LogP contribution in [0.4, 0.5) is 0 Å². The Morgan fingerprint density at radius 3 is 2.35 bits per heavy atom. The fourth-order valence-corrected chi connectivity index (χ4v) is 2.92. The lowest BCUT2D eigenvalue weighted by molar-refractivity contribution is 0.304. The summed E-state index contributed by atoms with van der Waals surface area (Å²) in [6, 6.07) is 8.57. The zero-order valence-electron chi connectivity index (χ0n) is 12.9. The van der Waals surface area contributed by atoms with E-state index in [1.165, 1.54) is 37.7 Å². The van der Waals surface area contributed by atoms with E-state index in [9.17, 15) is 0 Å². The van der Waals surface area contributed by atoms with Crippen LogP contribution < -0.4 is 0 Å². The van der Waals surface area contributed by atoms with Gasteiger partial charge < -0.3 is 0 Å². The first-order chi connectivity index (χ1) is 9.81. The van der Waals surface area contributed by atoms with Crippen molar-refractivity contribution in [2.24, 2.45) is 11.8 Å². The van der Waals surface area contributed by atoms with Gasteiger partial charge in [-0.25, -0.2) is 0 Å². The molecular formula is C20H26. The summed E-state index contributed by atoms with van der Waals surface area (Å²) in [5, 5.41) is 0. The molecule has 0 heterocycles. The van der Waals surface area contributed by atoms with Crippen molar-refractivity contribution in [2.45, 2.75) is 52.4 Å². The van der Waals surface area contributed by atoms with Gasteiger partial charge in [-0.05, 0) is 67.7 Å². The van der Waals surface area contributed by atoms with Crippen molar-refractivity contribution >= 4 is 0 Å². The van der Waals surface area contributed by atoms with Crippen LogP contribution in [0.5, 0.6) is 0 Å². The Morgan fingerprint density at radius 2 is 1.75 bits per heavy atom. The van der Waals surface area contributed by atoms with E-state index in [-0.39, 0.29) is 0 Å². The molecule has 0 radical (unpaired) electrons. The summed E-state index contributed by atoms with van der Waals surface area (Å²) in [4.78, 5) is 0. The molecule has 1 saturated carbocycles. The van der Waals surface area contributed by atoms with Crippen LogP contribution in [0.3, 0.4) is 0 Å². The molecule has 1 aliphatic rings. The second-order valence-electron chi connectivity index (χ2n) is 5.87. The SMILES string of the molecule is CCc1ccc(C#C/C=C/[C@H]2CC[C@H](CC)CC2)cc1. The first-order valence-corrected chi connectivity index (χ1v) is 8.09. The molecule has 0 amide bonds. The number of hydrogen-bond acceptors (Lipinski definition) is 0. The summed E-state index contributed by atoms with van der Waals surface area (Å²) >= 11 is 0. The van der Waals surface area contributed by atoms with Gasteiger partial charge in [0, 0.05) is 5.56 Å². The summed E-state index contributed by atoms with van der Waals surface area (Å²) < 4.78 is 0. The lowest BCUT2D eigenvalue weighted by atomic mass is 9.81. The number of benzene rings is 1. The zero-order chi connectivity index (χ0) is 14.2. The van der Waals surface area contributed by atoms with E-state index in [0.717, 1.165) is 23.8 Å². The molecule has 0 heteroatoms. The number of hydrogen-bond donors (Lipinski definition) is 0. The first-order valence-electron chi connectivity index (χ1n) is 8.09. The summed E-state index contributed by atoms with van der Waals surface area (Å²) in [6.45, 7) is 4.49. The fourth-order valence-electron chi connectivity index (χ4n) is 2.92. The zero-order valence-corrected chi connectivity index (χ0v) is 12.9. The summed E-state index contributed by atoms with van der Waals surface area (Å²) in [5.41, 5.74) is 2.49. The standard InChI is InChI=1S/C20H26/c1-3-17-9-13-19(14-10-17)7-5-6-8-20-15-11-18(4-2)12-16-20/h5,7,11-12,15-17,19H,3-4,9-10,13-14H2,1-2H3/b7-5+/t17-,19-. The monoisotopic (exact) mass is 266 g/mol. The molecule has 0 N–H and O–H groups in total. The molecule has 1 aliphatic carbocycles. The van der Waals surface area contributed by atoms with Crippen molar-refractivity contribution in [3.8, 4) is 11.8 Å². The number of allylic oxidation sites excluding steroid dienone is 2. The highest BCUT2D eigenvalue weighted by molar-refractivity contribution is 5.38. The van der Waals surface area contributed by atoms with Crippen LogP contribution in [0.25, 0.3) is 0 Å². The van der Waals surface area contributed by atoms with Crippen LogP contribution in [0.15, 0.2) is 36.4 Å². The normalized spacial score (nSPS) is 22.5. The lowest BCUT2D eigenvalue weighted by Crippen LogP contribution is -2.11. The highest BCUT2D eigenvalue weighted by Gasteiger charge is 2.17. The van der Waals surface area contributed by atoms with E-state index in [0.29, 0.717) is 0 Å². The molecule has 20 heavy (non-hydrogen) atoms. The summed E-state index contributed by atoms with van der Waals surface area (Å²) in [5.74, 6) is 8.13. The smallest absolute Gasteiger partial charge is 0.0249 e. The Morgan fingerprint density at radius 1 is 1.05 bits per heavy atom. The van der Waals surface area contributed by atoms with Crippen LogP contribution in [-0.4, -0.2) is 0 Å². The molecule has 0 atom stereocenters. The van der Waals surface area contributed by atoms with Crippen LogP contribution in [0, 0.1) is 23.7 Å². The predicted molar refractivity (Wildman–Crippen MR) is 87.6 cm³/mol. The summed E-state index contributed by atoms with van der Waals surface area (Å²) in [7, 11) is 0. The van der Waals surface area contributed by atoms with Gasteiger partial charge in [-0.2, -0.15) is 0 Å². The Kier molecular flexibility index (Phi) is 5.93. The van der Waals surface area contributed by atoms with Crippen LogP contribution in [-0.2, 0) is 6.42 Å². The second kappa shape index (κ2) is 7.95. The average Bonchev–Trinajstić information content (AvgIpc) is 2.53. The van der Waals surface area contributed by atoms with Crippen molar-refractivity contribution in [1.29, 1.82) is 0 Å². The largest absolute Gasteiger partial charge is 0.0730 e. The minimum atomic E-state index is 0.759. The Labute approximate surface area is 124 Å². The maximum Gasteiger partial charge on any atom is 0.0249 e. The van der Waals surface area contributed by atoms with Crippen molar-refractivity contribution in [3.05, 3.63) is 47.5 Å². The Bertz CT molecular complexity index is 473. The van der Waals surface area contributed by atoms with Gasteiger partial charge in [0.05, 0.1) is 0 Å². The third-order valence-corrected chi connectivity index (χ3v) is 4.50. The van der Waals surface area contributed by atoms with Crippen LogP contribution in [0.2, 0.25) is 0 Å². The van der Waals surface area contributed by atoms with E-state index >= 15 is 0 Å². The highest BCUT2D eigenvalue weighted by Crippen LogP contribution is 2.31. The van der Waals surface area contributed by atoms with Crippen molar-refractivity contribution < 1.29 is 0 Å². The minimum absolute atomic E-state index is 0.759. The topological polar surface area (TPSA) is 0 Å². The van der Waals surface area contributed by atoms with E-state index in [1.807, 2.05) is 0 Å². The average molecular weight is 266 g/mol. The van der Waals surface area contributed by atoms with Crippen molar-refractivity contribution in [1.82, 2.24) is 0 Å². The van der Waals surface area contributed by atoms with E-state index in [4.69, 9.17) is 0 Å². The van der Waals surface area contributed by atoms with Gasteiger partial charge in [0.25, 0.3) is 0 Å². The van der Waals surface area contributed by atoms with E-state index in [2.05, 4.69) is 62.1 Å². The fraction of sp³-hybridized carbons (Fsp3) is 0.500. The van der Waals surface area contributed by atoms with Gasteiger partial charge in [0.1, 0.15) is 0 Å². The van der Waals surface area contributed by atoms with Gasteiger partial charge in [-0.15, -0.1) is 0 Å². The van der Waals surface area contributed by atoms with Gasteiger partial charge >= 0.3 is 0 Å². The predicted octanol–water partition coefficient (Wildman–Crippen LogP) is 5.37. The third-order valence-electron chi connectivity index (χ3n) is 4.50. The number of rotatable bonds is 3. The highest BCUT2D eigenvalue weighted by atomic mass is 14.2. The maximum atomic E-state index is 3.22. The molecule has 0 bridgehead atoms. The summed E-state index contributed by atoms with van der Waals surface area (Å²) in [6.07, 6.45) is 12.3. The number of aryl methyl sites for hydroxylation is 1. The molecular weight excluding hydrogens is 240 g/mol. The van der Waals surface area contributed by atoms with E-state index < -0.39 is 0 Å². The molecule has 0 spiro atoms. The molecule has 1 fully saturated rings. The molecule has 0 nitrogen and oxygen atoms in total. The van der Waals surface area contributed by atoms with Gasteiger partial charge in [-0.1, -0.05) is 50.3 Å². The minimum Gasteiger partial charge on any atom is -0.0730 e. The Balaban J connectivity index is 1.82. The molecule has 0 aromatic heterocycles. The lowest BCUT2D eigenvalue weighted by Gasteiger charge is -2.25. The van der Waals surface area contributed by atoms with Gasteiger partial charge in [0.15, 0.2) is 0 Å². The quantitative estimate of drug-likeness (QED) is 0.645. The molecule has 1 aromatic rings. The molecule has 2 rings (SSSR count). The van der Waals surface area contributed by atoms with Crippen molar-refractivity contribution in [3.63, 3.8) is 0 Å². The third kappa shape index (κ3) is 4.57. The molecule has 1 aromatic carbocycles. The molecule has 0 aliphatic heterocycles. The van der Waals surface area contributed by atoms with E-state index in [1.54, 1.807) is 0 Å². The van der Waals surface area contributed by atoms with Crippen LogP contribution >= 0.6 is 0 Å². The first kappa shape index (κ1) is 14.9. The van der Waals surface area contributed by atoms with Gasteiger partial charge in [0.2, 0.25) is 0 Å². The van der Waals surface area contributed by atoms with Crippen LogP contribution in [0.1, 0.15) is 57.1 Å². The maximum absolute atomic E-state index is 3.22. The second-order valence-corrected chi connectivity index (χ2v) is 5.87.